The van der Waals surface area contributed by atoms with Gasteiger partial charge in [0.15, 0.2) is 10.8 Å². The molecule has 0 bridgehead atoms. The number of nitrogens with zero attached hydrogens (tertiary/aromatic N) is 6. The van der Waals surface area contributed by atoms with Gasteiger partial charge in [-0.25, -0.2) is 4.98 Å². The molecule has 0 radical (unpaired) electrons. The number of benzene rings is 1. The first-order valence-electron chi connectivity index (χ1n) is 10.9. The second-order valence-electron chi connectivity index (χ2n) is 8.25. The summed E-state index contributed by atoms with van der Waals surface area (Å²) in [6.45, 7) is 5.70. The number of thioether (sulfide) groups is 1. The average Bonchev–Trinajstić information content (AvgIpc) is 3.46. The first kappa shape index (κ1) is 20.8. The molecular weight excluding hydrogens is 420 g/mol. The highest BCUT2D eigenvalue weighted by Gasteiger charge is 2.28. The molecule has 0 N–H and O–H groups in total. The molecule has 1 saturated heterocycles. The number of hydrogen-bond acceptors (Lipinski definition) is 5. The van der Waals surface area contributed by atoms with E-state index < -0.39 is 0 Å². The summed E-state index contributed by atoms with van der Waals surface area (Å²) in [4.78, 5) is 19.5. The van der Waals surface area contributed by atoms with Gasteiger partial charge in [-0.3, -0.25) is 13.8 Å². The van der Waals surface area contributed by atoms with E-state index in [0.717, 1.165) is 41.7 Å². The third-order valence-corrected chi connectivity index (χ3v) is 7.20. The second-order valence-corrected chi connectivity index (χ2v) is 9.20. The van der Waals surface area contributed by atoms with Crippen molar-refractivity contribution in [2.45, 2.75) is 37.8 Å². The molecule has 1 aromatic carbocycles. The number of hydrogen-bond donors (Lipinski definition) is 0. The van der Waals surface area contributed by atoms with Crippen molar-refractivity contribution in [2.75, 3.05) is 18.8 Å². The lowest BCUT2D eigenvalue weighted by atomic mass is 9.97. The van der Waals surface area contributed by atoms with Gasteiger partial charge in [-0.1, -0.05) is 30.0 Å². The van der Waals surface area contributed by atoms with E-state index in [9.17, 15) is 4.79 Å². The number of fused-ring (bicyclic) bond motifs is 1. The SMILES string of the molecule is Cc1cccc(-n2ccnc2SCC(=O)N2CCCC(c3nnc4ccccn34)C2)c1C. The van der Waals surface area contributed by atoms with Crippen molar-refractivity contribution < 1.29 is 4.79 Å². The van der Waals surface area contributed by atoms with Crippen LogP contribution in [0.3, 0.4) is 0 Å². The predicted octanol–water partition coefficient (Wildman–Crippen LogP) is 4.03. The fourth-order valence-electron chi connectivity index (χ4n) is 4.35. The third kappa shape index (κ3) is 3.90. The van der Waals surface area contributed by atoms with E-state index in [1.54, 1.807) is 6.20 Å². The number of rotatable bonds is 5. The minimum atomic E-state index is 0.143. The van der Waals surface area contributed by atoms with Gasteiger partial charge in [0.1, 0.15) is 5.82 Å². The van der Waals surface area contributed by atoms with Crippen LogP contribution in [0.25, 0.3) is 11.3 Å². The fraction of sp³-hybridized carbons (Fsp3) is 0.333. The maximum atomic E-state index is 13.1. The van der Waals surface area contributed by atoms with Crippen LogP contribution in [0, 0.1) is 13.8 Å². The molecule has 8 heteroatoms. The first-order chi connectivity index (χ1) is 15.6. The van der Waals surface area contributed by atoms with Crippen molar-refractivity contribution in [3.8, 4) is 5.69 Å². The molecule has 0 saturated carbocycles. The van der Waals surface area contributed by atoms with Crippen LogP contribution in [0.4, 0.5) is 0 Å². The van der Waals surface area contributed by atoms with Crippen LogP contribution in [0.1, 0.15) is 35.7 Å². The monoisotopic (exact) mass is 446 g/mol. The van der Waals surface area contributed by atoms with Crippen LogP contribution in [0.5, 0.6) is 0 Å². The van der Waals surface area contributed by atoms with Crippen molar-refractivity contribution >= 4 is 23.3 Å². The van der Waals surface area contributed by atoms with Crippen LogP contribution in [-0.2, 0) is 4.79 Å². The van der Waals surface area contributed by atoms with E-state index in [1.165, 1.54) is 22.9 Å². The van der Waals surface area contributed by atoms with Crippen molar-refractivity contribution in [1.82, 2.24) is 29.0 Å². The molecule has 0 spiro atoms. The summed E-state index contributed by atoms with van der Waals surface area (Å²) in [6.07, 6.45) is 7.74. The molecule has 1 fully saturated rings. The van der Waals surface area contributed by atoms with Gasteiger partial charge in [0.25, 0.3) is 0 Å². The molecule has 1 atom stereocenters. The molecule has 164 valence electrons. The molecule has 4 heterocycles. The Hall–Kier alpha value is -3.13. The largest absolute Gasteiger partial charge is 0.341 e. The van der Waals surface area contributed by atoms with Gasteiger partial charge in [0.05, 0.1) is 11.4 Å². The molecule has 7 nitrogen and oxygen atoms in total. The van der Waals surface area contributed by atoms with E-state index in [-0.39, 0.29) is 11.8 Å². The highest BCUT2D eigenvalue weighted by atomic mass is 32.2. The lowest BCUT2D eigenvalue weighted by molar-refractivity contribution is -0.129. The quantitative estimate of drug-likeness (QED) is 0.433. The Balaban J connectivity index is 1.27. The van der Waals surface area contributed by atoms with E-state index in [2.05, 4.69) is 51.8 Å². The van der Waals surface area contributed by atoms with E-state index in [0.29, 0.717) is 12.3 Å². The van der Waals surface area contributed by atoms with Crippen LogP contribution in [-0.4, -0.2) is 53.8 Å². The van der Waals surface area contributed by atoms with Gasteiger partial charge < -0.3 is 4.90 Å². The number of piperidine rings is 1. The van der Waals surface area contributed by atoms with Crippen molar-refractivity contribution in [1.29, 1.82) is 0 Å². The lowest BCUT2D eigenvalue weighted by Crippen LogP contribution is -2.40. The molecule has 3 aromatic heterocycles. The number of likely N-dealkylation sites (tertiary alicyclic amines) is 1. The number of pyridine rings is 1. The molecule has 32 heavy (non-hydrogen) atoms. The first-order valence-corrected chi connectivity index (χ1v) is 11.9. The maximum Gasteiger partial charge on any atom is 0.233 e. The standard InChI is InChI=1S/C24H26N6OS/c1-17-7-5-9-20(18(17)2)29-14-11-25-24(29)32-16-22(31)28-12-6-8-19(15-28)23-27-26-21-10-3-4-13-30(21)23/h3-5,7,9-11,13-14,19H,6,8,12,15-16H2,1-2H3. The summed E-state index contributed by atoms with van der Waals surface area (Å²) in [7, 11) is 0. The molecule has 1 amide bonds. The zero-order valence-corrected chi connectivity index (χ0v) is 19.1. The number of aryl methyl sites for hydroxylation is 1. The van der Waals surface area contributed by atoms with Crippen molar-refractivity contribution in [3.05, 3.63) is 71.9 Å². The summed E-state index contributed by atoms with van der Waals surface area (Å²) in [5, 5.41) is 9.53. The molecule has 1 unspecified atom stereocenters. The van der Waals surface area contributed by atoms with Gasteiger partial charge in [-0.15, -0.1) is 10.2 Å². The molecule has 0 aliphatic carbocycles. The maximum absolute atomic E-state index is 13.1. The number of aromatic nitrogens is 5. The third-order valence-electron chi connectivity index (χ3n) is 6.25. The van der Waals surface area contributed by atoms with Gasteiger partial charge in [-0.05, 0) is 56.0 Å². The smallest absolute Gasteiger partial charge is 0.233 e. The van der Waals surface area contributed by atoms with Gasteiger partial charge in [-0.2, -0.15) is 0 Å². The summed E-state index contributed by atoms with van der Waals surface area (Å²) in [5.74, 6) is 1.65. The minimum Gasteiger partial charge on any atom is -0.341 e. The summed E-state index contributed by atoms with van der Waals surface area (Å²) >= 11 is 1.49. The Morgan fingerprint density at radius 1 is 1.12 bits per heavy atom. The lowest BCUT2D eigenvalue weighted by Gasteiger charge is -2.32. The molecular formula is C24H26N6OS. The Kier molecular flexibility index (Phi) is 5.70. The predicted molar refractivity (Wildman–Crippen MR) is 125 cm³/mol. The second kappa shape index (κ2) is 8.78. The highest BCUT2D eigenvalue weighted by Crippen LogP contribution is 2.28. The van der Waals surface area contributed by atoms with Crippen molar-refractivity contribution in [3.63, 3.8) is 0 Å². The number of carbonyl (C=O) groups excluding carboxylic acids is 1. The summed E-state index contributed by atoms with van der Waals surface area (Å²) in [6, 6.07) is 12.2. The molecule has 1 aliphatic rings. The Labute approximate surface area is 191 Å². The van der Waals surface area contributed by atoms with Gasteiger partial charge >= 0.3 is 0 Å². The Bertz CT molecular complexity index is 1260. The van der Waals surface area contributed by atoms with E-state index in [1.807, 2.05) is 39.9 Å². The van der Waals surface area contributed by atoms with Gasteiger partial charge in [0.2, 0.25) is 5.91 Å². The highest BCUT2D eigenvalue weighted by molar-refractivity contribution is 7.99. The Morgan fingerprint density at radius 3 is 2.94 bits per heavy atom. The number of carbonyl (C=O) groups is 1. The summed E-state index contributed by atoms with van der Waals surface area (Å²) in [5.41, 5.74) is 4.41. The number of imidazole rings is 1. The molecule has 5 rings (SSSR count). The minimum absolute atomic E-state index is 0.143. The Morgan fingerprint density at radius 2 is 2.03 bits per heavy atom. The fourth-order valence-corrected chi connectivity index (χ4v) is 5.22. The van der Waals surface area contributed by atoms with Crippen molar-refractivity contribution in [2.24, 2.45) is 0 Å². The topological polar surface area (TPSA) is 68.3 Å². The molecule has 1 aliphatic heterocycles. The number of amides is 1. The van der Waals surface area contributed by atoms with E-state index in [4.69, 9.17) is 0 Å². The summed E-state index contributed by atoms with van der Waals surface area (Å²) < 4.78 is 4.11. The van der Waals surface area contributed by atoms with E-state index >= 15 is 0 Å². The van der Waals surface area contributed by atoms with Crippen LogP contribution < -0.4 is 0 Å². The zero-order chi connectivity index (χ0) is 22.1. The van der Waals surface area contributed by atoms with Crippen LogP contribution >= 0.6 is 11.8 Å². The van der Waals surface area contributed by atoms with Crippen LogP contribution in [0.15, 0.2) is 60.1 Å². The zero-order valence-electron chi connectivity index (χ0n) is 18.3. The van der Waals surface area contributed by atoms with Gasteiger partial charge in [0, 0.05) is 37.6 Å². The normalized spacial score (nSPS) is 16.6. The average molecular weight is 447 g/mol. The molecule has 4 aromatic rings. The van der Waals surface area contributed by atoms with Crippen LogP contribution in [0.2, 0.25) is 0 Å².